The van der Waals surface area contributed by atoms with Gasteiger partial charge in [0.15, 0.2) is 0 Å². The van der Waals surface area contributed by atoms with Gasteiger partial charge in [0.1, 0.15) is 0 Å². The second-order valence-electron chi connectivity index (χ2n) is 9.70. The first-order chi connectivity index (χ1) is 25.3. The van der Waals surface area contributed by atoms with Crippen LogP contribution in [0.3, 0.4) is 0 Å². The molecule has 0 fully saturated rings. The molecule has 6 aromatic rings. The van der Waals surface area contributed by atoms with Crippen molar-refractivity contribution in [2.24, 2.45) is 0 Å². The van der Waals surface area contributed by atoms with Crippen LogP contribution in [0.4, 0.5) is 0 Å². The number of halogens is 1. The summed E-state index contributed by atoms with van der Waals surface area (Å²) < 4.78 is 34.0. The van der Waals surface area contributed by atoms with Gasteiger partial charge >= 0.3 is 17.1 Å². The molecule has 0 radical (unpaired) electrons. The minimum absolute atomic E-state index is 0. The zero-order chi connectivity index (χ0) is 40.1. The van der Waals surface area contributed by atoms with Gasteiger partial charge in [0.2, 0.25) is 0 Å². The quantitative estimate of drug-likeness (QED) is 0.135. The van der Waals surface area contributed by atoms with E-state index in [1.54, 1.807) is 64.1 Å². The van der Waals surface area contributed by atoms with Crippen molar-refractivity contribution in [3.05, 3.63) is 121 Å². The normalized spacial score (nSPS) is 9.41. The summed E-state index contributed by atoms with van der Waals surface area (Å²) in [4.78, 5) is 0. The molecule has 6 N–H and O–H groups in total. The fraction of sp³-hybridized carbons (Fsp3) is 0.211. The van der Waals surface area contributed by atoms with Gasteiger partial charge in [-0.25, -0.2) is 18.6 Å². The van der Waals surface area contributed by atoms with Gasteiger partial charge < -0.3 is 30.6 Å². The van der Waals surface area contributed by atoms with Crippen LogP contribution in [0.2, 0.25) is 0 Å². The van der Waals surface area contributed by atoms with Crippen LogP contribution in [0.25, 0.3) is 45.0 Å². The zero-order valence-corrected chi connectivity index (χ0v) is 32.2. The van der Waals surface area contributed by atoms with E-state index >= 15 is 0 Å². The maximum Gasteiger partial charge on any atom is 3.00 e. The van der Waals surface area contributed by atoms with Crippen molar-refractivity contribution in [2.75, 3.05) is 26.4 Å². The van der Waals surface area contributed by atoms with Gasteiger partial charge in [-0.05, 0) is 62.1 Å². The summed E-state index contributed by atoms with van der Waals surface area (Å²) in [7, 11) is -4.94. The van der Waals surface area contributed by atoms with E-state index in [2.05, 4.69) is 20.4 Å². The van der Waals surface area contributed by atoms with Crippen LogP contribution in [0.5, 0.6) is 11.5 Å². The fourth-order valence-corrected chi connectivity index (χ4v) is 3.81. The van der Waals surface area contributed by atoms with Gasteiger partial charge in [-0.3, -0.25) is 10.2 Å². The number of aromatic nitrogens is 4. The third-order valence-corrected chi connectivity index (χ3v) is 5.65. The van der Waals surface area contributed by atoms with Crippen molar-refractivity contribution >= 4 is 0 Å². The maximum absolute atomic E-state index is 11.7. The average molecular weight is 809 g/mol. The molecule has 0 aliphatic heterocycles. The summed E-state index contributed by atoms with van der Waals surface area (Å²) in [5.74, 6) is -0.0211. The van der Waals surface area contributed by atoms with Crippen molar-refractivity contribution < 1.29 is 76.6 Å². The molecule has 0 saturated heterocycles. The molecule has 292 valence electrons. The van der Waals surface area contributed by atoms with Gasteiger partial charge in [-0.2, -0.15) is 10.2 Å². The molecule has 2 aromatic heterocycles. The van der Waals surface area contributed by atoms with Gasteiger partial charge in [-0.15, -0.1) is 10.2 Å². The molecule has 14 nitrogen and oxygen atoms in total. The third kappa shape index (κ3) is 22.5. The van der Waals surface area contributed by atoms with E-state index in [4.69, 9.17) is 39.1 Å². The van der Waals surface area contributed by atoms with E-state index in [0.29, 0.717) is 22.5 Å². The first kappa shape index (κ1) is 51.5. The smallest absolute Gasteiger partial charge is 0.872 e. The Labute approximate surface area is 327 Å². The topological polar surface area (TPSA) is 277 Å². The minimum Gasteiger partial charge on any atom is -0.872 e. The number of hydrogen-bond donors (Lipinski definition) is 6. The van der Waals surface area contributed by atoms with Crippen LogP contribution < -0.4 is 28.8 Å². The van der Waals surface area contributed by atoms with E-state index in [1.807, 2.05) is 84.9 Å². The fourth-order valence-electron chi connectivity index (χ4n) is 3.81. The molecule has 6 rings (SSSR count). The van der Waals surface area contributed by atoms with Crippen molar-refractivity contribution in [2.45, 2.75) is 27.7 Å². The van der Waals surface area contributed by atoms with Crippen molar-refractivity contribution in [3.8, 4) is 56.5 Å². The Morgan fingerprint density at radius 2 is 0.722 bits per heavy atom. The predicted molar refractivity (Wildman–Crippen MR) is 189 cm³/mol. The molecule has 0 amide bonds. The van der Waals surface area contributed by atoms with E-state index in [-0.39, 0.29) is 55.0 Å². The Morgan fingerprint density at radius 1 is 0.481 bits per heavy atom. The van der Waals surface area contributed by atoms with E-state index in [1.165, 1.54) is 0 Å². The molecule has 0 aliphatic rings. The molecule has 0 bridgehead atoms. The monoisotopic (exact) mass is 808 g/mol. The number of nitrogens with one attached hydrogen (secondary N) is 2. The molecule has 2 heterocycles. The number of aromatic amines is 2. The first-order valence-electron chi connectivity index (χ1n) is 16.1. The van der Waals surface area contributed by atoms with Crippen LogP contribution in [0, 0.1) is 10.2 Å². The molecule has 0 spiro atoms. The third-order valence-electron chi connectivity index (χ3n) is 5.65. The van der Waals surface area contributed by atoms with Crippen molar-refractivity contribution in [3.63, 3.8) is 0 Å². The molecule has 16 heteroatoms. The number of benzene rings is 4. The molecule has 4 aromatic carbocycles. The summed E-state index contributed by atoms with van der Waals surface area (Å²) >= 11 is 0. The van der Waals surface area contributed by atoms with Gasteiger partial charge in [-0.1, -0.05) is 121 Å². The van der Waals surface area contributed by atoms with Crippen LogP contribution in [-0.2, 0) is 17.1 Å². The van der Waals surface area contributed by atoms with Crippen LogP contribution >= 0.6 is 0 Å². The van der Waals surface area contributed by atoms with Crippen LogP contribution in [-0.4, -0.2) is 67.2 Å². The SMILES string of the molecule is CCO.CCO.CCO.CCO.[Mn+3].[O-][Cl+3]([O-])([O-])[O-].[O-]c1ccccc1-c1cc(-c2ccccc2)[nH]n1.[O-]c1ccccc1-c1cc(-c2ccccc2)[nH]n1. The van der Waals surface area contributed by atoms with E-state index < -0.39 is 10.2 Å². The Kier molecular flexibility index (Phi) is 29.4. The Hall–Kier alpha value is -4.61. The Morgan fingerprint density at radius 3 is 0.981 bits per heavy atom. The zero-order valence-electron chi connectivity index (χ0n) is 30.3. The van der Waals surface area contributed by atoms with Gasteiger partial charge in [0.25, 0.3) is 0 Å². The average Bonchev–Trinajstić information content (AvgIpc) is 3.82. The largest absolute Gasteiger partial charge is 3.00 e. The number of H-pyrrole nitrogens is 2. The first-order valence-corrected chi connectivity index (χ1v) is 17.4. The van der Waals surface area contributed by atoms with Crippen molar-refractivity contribution in [1.29, 1.82) is 0 Å². The molecule has 0 atom stereocenters. The summed E-state index contributed by atoms with van der Waals surface area (Å²) in [6.07, 6.45) is 0. The molecule has 0 unspecified atom stereocenters. The predicted octanol–water partition coefficient (Wildman–Crippen LogP) is 0.871. The molecule has 0 saturated carbocycles. The summed E-state index contributed by atoms with van der Waals surface area (Å²) in [6.45, 7) is 7.72. The minimum atomic E-state index is -4.94. The summed E-state index contributed by atoms with van der Waals surface area (Å²) in [6, 6.07) is 37.4. The summed E-state index contributed by atoms with van der Waals surface area (Å²) in [5, 5.41) is 68.0. The van der Waals surface area contributed by atoms with Gasteiger partial charge in [0.05, 0.1) is 22.8 Å². The maximum atomic E-state index is 11.7. The van der Waals surface area contributed by atoms with Crippen LogP contribution in [0.15, 0.2) is 121 Å². The summed E-state index contributed by atoms with van der Waals surface area (Å²) in [5.41, 5.74) is 6.53. The molecular weight excluding hydrogens is 763 g/mol. The Bertz CT molecular complexity index is 1620. The number of aliphatic hydroxyl groups is 4. The van der Waals surface area contributed by atoms with Crippen LogP contribution in [0.1, 0.15) is 27.7 Å². The number of aliphatic hydroxyl groups excluding tert-OH is 4. The number of rotatable bonds is 4. The second-order valence-corrected chi connectivity index (χ2v) is 10.5. The van der Waals surface area contributed by atoms with Crippen molar-refractivity contribution in [1.82, 2.24) is 20.4 Å². The van der Waals surface area contributed by atoms with E-state index in [0.717, 1.165) is 22.5 Å². The van der Waals surface area contributed by atoms with E-state index in [9.17, 15) is 10.2 Å². The molecular formula is C38H46ClMnN4O10. The molecule has 0 aliphatic carbocycles. The number of hydrogen-bond acceptors (Lipinski definition) is 12. The standard InChI is InChI=1S/2C15H12N2O.4C2H6O.ClHO4.Mn/c2*18-15-9-5-4-8-12(15)14-10-13(16-17-14)11-6-2-1-3-7-11;4*1-2-3;2-1(3,4)5;/h2*1-10,18H,(H,16,17);4*3H,2H2,1H3;(H,2,3,4,5);/q;;;;;;;+3/p-3. The number of para-hydroxylation sites is 2. The number of nitrogens with zero attached hydrogens (tertiary/aromatic N) is 2. The second kappa shape index (κ2) is 30.8. The molecule has 54 heavy (non-hydrogen) atoms. The Balaban J connectivity index is 0. The van der Waals surface area contributed by atoms with Gasteiger partial charge in [0, 0.05) is 26.4 Å².